The van der Waals surface area contributed by atoms with Gasteiger partial charge in [0.05, 0.1) is 17.3 Å². The van der Waals surface area contributed by atoms with Gasteiger partial charge in [-0.05, 0) is 45.4 Å². The molecule has 1 heterocycles. The van der Waals surface area contributed by atoms with Crippen LogP contribution in [0.4, 0.5) is 14.9 Å². The maximum absolute atomic E-state index is 13.8. The van der Waals surface area contributed by atoms with E-state index in [1.807, 2.05) is 26.8 Å². The molecule has 1 saturated heterocycles. The molecular weight excluding hydrogens is 285 g/mol. The quantitative estimate of drug-likeness (QED) is 0.911. The number of hydrogen-bond acceptors (Lipinski definition) is 4. The van der Waals surface area contributed by atoms with E-state index in [4.69, 9.17) is 10.00 Å². The third kappa shape index (κ3) is 4.10. The summed E-state index contributed by atoms with van der Waals surface area (Å²) in [6.45, 7) is 6.51. The van der Waals surface area contributed by atoms with Crippen molar-refractivity contribution in [2.75, 3.05) is 18.4 Å². The van der Waals surface area contributed by atoms with Crippen LogP contribution in [0.3, 0.4) is 0 Å². The zero-order valence-electron chi connectivity index (χ0n) is 13.0. The van der Waals surface area contributed by atoms with Crippen LogP contribution >= 0.6 is 0 Å². The van der Waals surface area contributed by atoms with E-state index in [1.54, 1.807) is 17.0 Å². The number of ether oxygens (including phenoxy) is 1. The van der Waals surface area contributed by atoms with E-state index in [0.29, 0.717) is 18.8 Å². The first-order valence-corrected chi connectivity index (χ1v) is 7.22. The van der Waals surface area contributed by atoms with Crippen molar-refractivity contribution < 1.29 is 13.9 Å². The number of carbonyl (C=O) groups excluding carboxylic acids is 1. The lowest BCUT2D eigenvalue weighted by Gasteiger charge is -2.24. The molecule has 1 N–H and O–H groups in total. The summed E-state index contributed by atoms with van der Waals surface area (Å²) in [6.07, 6.45) is 0.371. The molecule has 1 aliphatic heterocycles. The summed E-state index contributed by atoms with van der Waals surface area (Å²) in [5.74, 6) is -0.463. The van der Waals surface area contributed by atoms with Crippen LogP contribution in [0.15, 0.2) is 18.2 Å². The molecule has 118 valence electrons. The van der Waals surface area contributed by atoms with Crippen LogP contribution < -0.4 is 5.32 Å². The first kappa shape index (κ1) is 16.1. The predicted molar refractivity (Wildman–Crippen MR) is 80.9 cm³/mol. The van der Waals surface area contributed by atoms with Gasteiger partial charge < -0.3 is 15.0 Å². The topological polar surface area (TPSA) is 65.4 Å². The average molecular weight is 305 g/mol. The molecule has 5 nitrogen and oxygen atoms in total. The summed E-state index contributed by atoms with van der Waals surface area (Å²) in [5, 5.41) is 11.8. The molecule has 1 unspecified atom stereocenters. The molecule has 0 spiro atoms. The number of carbonyl (C=O) groups is 1. The molecular formula is C16H20FN3O2. The molecule has 0 aliphatic carbocycles. The SMILES string of the molecule is CC(C)(C)OC(=O)N1CCC(Nc2ccc(C#N)cc2F)C1. The summed E-state index contributed by atoms with van der Waals surface area (Å²) in [4.78, 5) is 13.6. The Bertz CT molecular complexity index is 604. The van der Waals surface area contributed by atoms with Crippen LogP contribution in [-0.4, -0.2) is 35.7 Å². The molecule has 0 saturated carbocycles. The Morgan fingerprint density at radius 3 is 2.82 bits per heavy atom. The Morgan fingerprint density at radius 2 is 2.23 bits per heavy atom. The summed E-state index contributed by atoms with van der Waals surface area (Å²) < 4.78 is 19.2. The van der Waals surface area contributed by atoms with Crippen LogP contribution in [0.1, 0.15) is 32.8 Å². The van der Waals surface area contributed by atoms with Crippen LogP contribution in [0.2, 0.25) is 0 Å². The lowest BCUT2D eigenvalue weighted by Crippen LogP contribution is -2.36. The molecule has 6 heteroatoms. The third-order valence-corrected chi connectivity index (χ3v) is 3.30. The average Bonchev–Trinajstić information content (AvgIpc) is 2.88. The van der Waals surface area contributed by atoms with E-state index in [0.717, 1.165) is 6.42 Å². The molecule has 0 bridgehead atoms. The van der Waals surface area contributed by atoms with Gasteiger partial charge in [0.25, 0.3) is 0 Å². The lowest BCUT2D eigenvalue weighted by molar-refractivity contribution is 0.0293. The van der Waals surface area contributed by atoms with Gasteiger partial charge in [-0.1, -0.05) is 0 Å². The number of nitriles is 1. The van der Waals surface area contributed by atoms with Crippen molar-refractivity contribution in [3.8, 4) is 6.07 Å². The molecule has 0 aromatic heterocycles. The second kappa shape index (κ2) is 6.22. The molecule has 0 radical (unpaired) electrons. The fraction of sp³-hybridized carbons (Fsp3) is 0.500. The Labute approximate surface area is 129 Å². The van der Waals surface area contributed by atoms with Gasteiger partial charge in [0.15, 0.2) is 0 Å². The van der Waals surface area contributed by atoms with Crippen molar-refractivity contribution in [1.29, 1.82) is 5.26 Å². The van der Waals surface area contributed by atoms with E-state index in [2.05, 4.69) is 5.32 Å². The highest BCUT2D eigenvalue weighted by molar-refractivity contribution is 5.68. The number of likely N-dealkylation sites (tertiary alicyclic amines) is 1. The summed E-state index contributed by atoms with van der Waals surface area (Å²) in [6, 6.07) is 6.17. The van der Waals surface area contributed by atoms with Crippen molar-refractivity contribution in [3.05, 3.63) is 29.6 Å². The molecule has 1 amide bonds. The number of nitrogens with zero attached hydrogens (tertiary/aromatic N) is 2. The monoisotopic (exact) mass is 305 g/mol. The van der Waals surface area contributed by atoms with E-state index in [-0.39, 0.29) is 17.7 Å². The van der Waals surface area contributed by atoms with Gasteiger partial charge in [-0.2, -0.15) is 5.26 Å². The summed E-state index contributed by atoms with van der Waals surface area (Å²) >= 11 is 0. The number of amides is 1. The molecule has 1 aromatic carbocycles. The van der Waals surface area contributed by atoms with Crippen molar-refractivity contribution in [2.45, 2.75) is 38.8 Å². The molecule has 1 aliphatic rings. The van der Waals surface area contributed by atoms with Crippen molar-refractivity contribution in [2.24, 2.45) is 0 Å². The third-order valence-electron chi connectivity index (χ3n) is 3.30. The minimum atomic E-state index is -0.526. The first-order valence-electron chi connectivity index (χ1n) is 7.22. The van der Waals surface area contributed by atoms with E-state index < -0.39 is 11.4 Å². The van der Waals surface area contributed by atoms with Crippen molar-refractivity contribution in [1.82, 2.24) is 4.90 Å². The molecule has 1 aromatic rings. The number of halogens is 1. The van der Waals surface area contributed by atoms with Gasteiger partial charge in [-0.15, -0.1) is 0 Å². The van der Waals surface area contributed by atoms with Crippen molar-refractivity contribution >= 4 is 11.8 Å². The Morgan fingerprint density at radius 1 is 1.50 bits per heavy atom. The van der Waals surface area contributed by atoms with Gasteiger partial charge in [-0.3, -0.25) is 0 Å². The fourth-order valence-corrected chi connectivity index (χ4v) is 2.29. The van der Waals surface area contributed by atoms with Crippen LogP contribution in [0.25, 0.3) is 0 Å². The van der Waals surface area contributed by atoms with Crippen LogP contribution in [0, 0.1) is 17.1 Å². The molecule has 1 fully saturated rings. The Hall–Kier alpha value is -2.29. The Kier molecular flexibility index (Phi) is 4.55. The maximum atomic E-state index is 13.8. The standard InChI is InChI=1S/C16H20FN3O2/c1-16(2,3)22-15(21)20-7-6-12(10-20)19-14-5-4-11(9-18)8-13(14)17/h4-5,8,12,19H,6-7,10H2,1-3H3. The van der Waals surface area contributed by atoms with Gasteiger partial charge in [0.1, 0.15) is 11.4 Å². The number of rotatable bonds is 2. The largest absolute Gasteiger partial charge is 0.444 e. The second-order valence-corrected chi connectivity index (χ2v) is 6.36. The molecule has 2 rings (SSSR count). The Balaban J connectivity index is 1.94. The highest BCUT2D eigenvalue weighted by Crippen LogP contribution is 2.21. The highest BCUT2D eigenvalue weighted by atomic mass is 19.1. The number of hydrogen-bond donors (Lipinski definition) is 1. The van der Waals surface area contributed by atoms with Gasteiger partial charge in [0.2, 0.25) is 0 Å². The smallest absolute Gasteiger partial charge is 0.410 e. The maximum Gasteiger partial charge on any atom is 0.410 e. The summed E-state index contributed by atoms with van der Waals surface area (Å²) in [7, 11) is 0. The van der Waals surface area contributed by atoms with Crippen molar-refractivity contribution in [3.63, 3.8) is 0 Å². The first-order chi connectivity index (χ1) is 10.3. The minimum absolute atomic E-state index is 0.0324. The number of anilines is 1. The number of nitrogens with one attached hydrogen (secondary N) is 1. The fourth-order valence-electron chi connectivity index (χ4n) is 2.29. The zero-order valence-corrected chi connectivity index (χ0v) is 13.0. The van der Waals surface area contributed by atoms with E-state index in [9.17, 15) is 9.18 Å². The van der Waals surface area contributed by atoms with E-state index >= 15 is 0 Å². The van der Waals surface area contributed by atoms with E-state index in [1.165, 1.54) is 6.07 Å². The summed E-state index contributed by atoms with van der Waals surface area (Å²) in [5.41, 5.74) is 0.0989. The molecule has 1 atom stereocenters. The molecule has 22 heavy (non-hydrogen) atoms. The predicted octanol–water partition coefficient (Wildman–Crippen LogP) is 3.12. The zero-order chi connectivity index (χ0) is 16.3. The minimum Gasteiger partial charge on any atom is -0.444 e. The van der Waals surface area contributed by atoms with Crippen LogP contribution in [-0.2, 0) is 4.74 Å². The highest BCUT2D eigenvalue weighted by Gasteiger charge is 2.30. The number of benzene rings is 1. The van der Waals surface area contributed by atoms with Gasteiger partial charge >= 0.3 is 6.09 Å². The second-order valence-electron chi connectivity index (χ2n) is 6.36. The lowest BCUT2D eigenvalue weighted by atomic mass is 10.2. The van der Waals surface area contributed by atoms with Gasteiger partial charge in [0, 0.05) is 19.1 Å². The van der Waals surface area contributed by atoms with Crippen LogP contribution in [0.5, 0.6) is 0 Å². The normalized spacial score (nSPS) is 18.0. The van der Waals surface area contributed by atoms with Gasteiger partial charge in [-0.25, -0.2) is 9.18 Å².